The van der Waals surface area contributed by atoms with Crippen LogP contribution in [0.5, 0.6) is 0 Å². The molecule has 0 N–H and O–H groups in total. The summed E-state index contributed by atoms with van der Waals surface area (Å²) in [6.07, 6.45) is 0. The van der Waals surface area contributed by atoms with E-state index in [2.05, 4.69) is 211 Å². The summed E-state index contributed by atoms with van der Waals surface area (Å²) in [6.45, 7) is 0. The second kappa shape index (κ2) is 13.4. The molecule has 1 aliphatic heterocycles. The average molecular weight is 789 g/mol. The van der Waals surface area contributed by atoms with Crippen molar-refractivity contribution in [1.29, 1.82) is 0 Å². The Hall–Kier alpha value is -8.21. The van der Waals surface area contributed by atoms with Gasteiger partial charge in [-0.05, 0) is 67.8 Å². The van der Waals surface area contributed by atoms with Crippen LogP contribution in [-0.2, 0) is 5.41 Å². The number of nitrogens with zero attached hydrogens (tertiary/aromatic N) is 4. The fourth-order valence-corrected chi connectivity index (χ4v) is 10.4. The van der Waals surface area contributed by atoms with Crippen LogP contribution in [0.3, 0.4) is 0 Å². The molecule has 1 unspecified atom stereocenters. The van der Waals surface area contributed by atoms with Gasteiger partial charge in [0.1, 0.15) is 0 Å². The molecule has 4 heteroatoms. The summed E-state index contributed by atoms with van der Waals surface area (Å²) in [7, 11) is 0. The molecule has 0 amide bonds. The SMILES string of the molecule is c1ccc(-c2ccc(-c3nc(-c4ccc(-c5ccccc5)cc4)nc(-c4cccc5c4-c4ccccc4C54c5ccccc5-n5c6ccccc6c6cccc4c65)n3)cc2)cc1. The predicted octanol–water partition coefficient (Wildman–Crippen LogP) is 14.0. The highest BCUT2D eigenvalue weighted by atomic mass is 15.0. The van der Waals surface area contributed by atoms with Crippen molar-refractivity contribution in [3.63, 3.8) is 0 Å². The number of benzene rings is 9. The van der Waals surface area contributed by atoms with Gasteiger partial charge in [-0.1, -0.05) is 206 Å². The Kier molecular flexibility index (Phi) is 7.49. The summed E-state index contributed by atoms with van der Waals surface area (Å²) in [4.78, 5) is 15.9. The number of hydrogen-bond acceptors (Lipinski definition) is 3. The Balaban J connectivity index is 1.06. The standard InChI is InChI=1S/C58H36N4/c1-3-15-37(16-4-1)39-29-33-41(34-30-39)55-59-56(42-35-31-40(32-36-42)38-17-5-2-6-18-38)61-57(60-55)46-22-14-25-49-53(46)45-20-7-9-23-47(45)58(49)48-24-10-12-28-52(48)62-51-27-11-8-19-43(51)44-21-13-26-50(58)54(44)62/h1-36H. The number of aromatic nitrogens is 4. The molecular weight excluding hydrogens is 753 g/mol. The smallest absolute Gasteiger partial charge is 0.164 e. The van der Waals surface area contributed by atoms with Crippen LogP contribution < -0.4 is 0 Å². The highest BCUT2D eigenvalue weighted by Gasteiger charge is 2.51. The second-order valence-corrected chi connectivity index (χ2v) is 16.3. The van der Waals surface area contributed by atoms with Crippen LogP contribution in [0.2, 0.25) is 0 Å². The number of fused-ring (bicyclic) bond motifs is 12. The molecule has 0 saturated heterocycles. The molecule has 2 aliphatic rings. The van der Waals surface area contributed by atoms with Gasteiger partial charge in [0.25, 0.3) is 0 Å². The van der Waals surface area contributed by atoms with Gasteiger partial charge in [-0.25, -0.2) is 15.0 Å². The molecule has 13 rings (SSSR count). The highest BCUT2D eigenvalue weighted by molar-refractivity contribution is 6.13. The van der Waals surface area contributed by atoms with Crippen LogP contribution >= 0.6 is 0 Å². The first-order chi connectivity index (χ1) is 30.8. The first kappa shape index (κ1) is 34.6. The molecule has 1 atom stereocenters. The summed E-state index contributed by atoms with van der Waals surface area (Å²) in [6, 6.07) is 78.4. The monoisotopic (exact) mass is 788 g/mol. The molecule has 3 heterocycles. The lowest BCUT2D eigenvalue weighted by Gasteiger charge is -2.39. The number of rotatable bonds is 5. The summed E-state index contributed by atoms with van der Waals surface area (Å²) in [5, 5.41) is 2.52. The summed E-state index contributed by atoms with van der Waals surface area (Å²) >= 11 is 0. The van der Waals surface area contributed by atoms with E-state index < -0.39 is 5.41 Å². The van der Waals surface area contributed by atoms with E-state index in [-0.39, 0.29) is 0 Å². The molecule has 1 aliphatic carbocycles. The minimum atomic E-state index is -0.582. The van der Waals surface area contributed by atoms with Gasteiger partial charge >= 0.3 is 0 Å². The quantitative estimate of drug-likeness (QED) is 0.174. The van der Waals surface area contributed by atoms with Crippen molar-refractivity contribution in [2.45, 2.75) is 5.41 Å². The molecule has 288 valence electrons. The molecule has 9 aromatic carbocycles. The first-order valence-corrected chi connectivity index (χ1v) is 21.2. The fourth-order valence-electron chi connectivity index (χ4n) is 10.4. The summed E-state index contributed by atoms with van der Waals surface area (Å²) in [5.74, 6) is 1.91. The lowest BCUT2D eigenvalue weighted by Crippen LogP contribution is -2.33. The topological polar surface area (TPSA) is 43.6 Å². The van der Waals surface area contributed by atoms with Crippen molar-refractivity contribution in [1.82, 2.24) is 19.5 Å². The average Bonchev–Trinajstić information content (AvgIpc) is 3.85. The lowest BCUT2D eigenvalue weighted by molar-refractivity contribution is 0.748. The number of hydrogen-bond donors (Lipinski definition) is 0. The maximum absolute atomic E-state index is 5.37. The maximum atomic E-state index is 5.37. The van der Waals surface area contributed by atoms with Crippen molar-refractivity contribution in [2.75, 3.05) is 0 Å². The van der Waals surface area contributed by atoms with Gasteiger partial charge in [-0.3, -0.25) is 0 Å². The van der Waals surface area contributed by atoms with Crippen molar-refractivity contribution in [2.24, 2.45) is 0 Å². The molecule has 0 radical (unpaired) electrons. The number of para-hydroxylation sites is 3. The van der Waals surface area contributed by atoms with Crippen molar-refractivity contribution in [3.8, 4) is 73.2 Å². The Labute approximate surface area is 359 Å². The van der Waals surface area contributed by atoms with Crippen LogP contribution in [0.15, 0.2) is 218 Å². The van der Waals surface area contributed by atoms with E-state index in [1.807, 2.05) is 12.1 Å². The van der Waals surface area contributed by atoms with Crippen molar-refractivity contribution >= 4 is 21.8 Å². The van der Waals surface area contributed by atoms with Crippen molar-refractivity contribution in [3.05, 3.63) is 241 Å². The third kappa shape index (κ3) is 4.92. The van der Waals surface area contributed by atoms with Gasteiger partial charge in [0.05, 0.1) is 22.1 Å². The zero-order chi connectivity index (χ0) is 40.8. The van der Waals surface area contributed by atoms with Crippen LogP contribution in [0.1, 0.15) is 22.3 Å². The molecule has 2 aromatic heterocycles. The van der Waals surface area contributed by atoms with Gasteiger partial charge in [0.15, 0.2) is 17.5 Å². The van der Waals surface area contributed by atoms with Crippen LogP contribution in [0.4, 0.5) is 0 Å². The van der Waals surface area contributed by atoms with Crippen molar-refractivity contribution < 1.29 is 0 Å². The Bertz CT molecular complexity index is 3450. The van der Waals surface area contributed by atoms with E-state index in [1.165, 1.54) is 66.4 Å². The fraction of sp³-hybridized carbons (Fsp3) is 0.0172. The normalized spacial score (nSPS) is 14.5. The van der Waals surface area contributed by atoms with Gasteiger partial charge in [-0.15, -0.1) is 0 Å². The minimum absolute atomic E-state index is 0.582. The minimum Gasteiger partial charge on any atom is -0.309 e. The largest absolute Gasteiger partial charge is 0.309 e. The molecular formula is C58H36N4. The molecule has 62 heavy (non-hydrogen) atoms. The molecule has 0 fully saturated rings. The lowest BCUT2D eigenvalue weighted by atomic mass is 9.65. The Morgan fingerprint density at radius 3 is 1.47 bits per heavy atom. The summed E-state index contributed by atoms with van der Waals surface area (Å²) in [5.41, 5.74) is 17.9. The zero-order valence-corrected chi connectivity index (χ0v) is 33.6. The second-order valence-electron chi connectivity index (χ2n) is 16.3. The van der Waals surface area contributed by atoms with Crippen LogP contribution in [-0.4, -0.2) is 19.5 Å². The predicted molar refractivity (Wildman–Crippen MR) is 252 cm³/mol. The first-order valence-electron chi connectivity index (χ1n) is 21.2. The van der Waals surface area contributed by atoms with Gasteiger partial charge < -0.3 is 4.57 Å². The maximum Gasteiger partial charge on any atom is 0.164 e. The molecule has 4 nitrogen and oxygen atoms in total. The third-order valence-electron chi connectivity index (χ3n) is 13.1. The summed E-state index contributed by atoms with van der Waals surface area (Å²) < 4.78 is 2.49. The van der Waals surface area contributed by atoms with Crippen LogP contribution in [0, 0.1) is 0 Å². The molecule has 11 aromatic rings. The molecule has 1 spiro atoms. The Morgan fingerprint density at radius 2 is 0.774 bits per heavy atom. The molecule has 0 saturated carbocycles. The third-order valence-corrected chi connectivity index (χ3v) is 13.1. The van der Waals surface area contributed by atoms with E-state index in [4.69, 9.17) is 15.0 Å². The van der Waals surface area contributed by atoms with Gasteiger partial charge in [0, 0.05) is 27.5 Å². The van der Waals surface area contributed by atoms with Gasteiger partial charge in [0.2, 0.25) is 0 Å². The zero-order valence-electron chi connectivity index (χ0n) is 33.6. The van der Waals surface area contributed by atoms with E-state index in [0.717, 1.165) is 33.4 Å². The van der Waals surface area contributed by atoms with E-state index in [9.17, 15) is 0 Å². The van der Waals surface area contributed by atoms with Crippen LogP contribution in [0.25, 0.3) is 95.0 Å². The van der Waals surface area contributed by atoms with E-state index in [1.54, 1.807) is 0 Å². The van der Waals surface area contributed by atoms with E-state index >= 15 is 0 Å². The Morgan fingerprint density at radius 1 is 0.306 bits per heavy atom. The molecule has 0 bridgehead atoms. The van der Waals surface area contributed by atoms with Gasteiger partial charge in [-0.2, -0.15) is 0 Å². The highest BCUT2D eigenvalue weighted by Crippen LogP contribution is 2.62. The van der Waals surface area contributed by atoms with E-state index in [0.29, 0.717) is 17.5 Å².